The predicted octanol–water partition coefficient (Wildman–Crippen LogP) is 4.28. The highest BCUT2D eigenvalue weighted by Crippen LogP contribution is 2.25. The fourth-order valence-electron chi connectivity index (χ4n) is 3.14. The van der Waals surface area contributed by atoms with E-state index in [0.29, 0.717) is 24.3 Å². The van der Waals surface area contributed by atoms with Crippen molar-refractivity contribution in [1.29, 1.82) is 0 Å². The summed E-state index contributed by atoms with van der Waals surface area (Å²) < 4.78 is 26.2. The molecular formula is C21H17F2N3O. The van der Waals surface area contributed by atoms with Crippen molar-refractivity contribution in [2.45, 2.75) is 6.42 Å². The van der Waals surface area contributed by atoms with Crippen molar-refractivity contribution in [1.82, 2.24) is 15.1 Å². The average Bonchev–Trinajstić information content (AvgIpc) is 3.19. The Hall–Kier alpha value is -3.28. The van der Waals surface area contributed by atoms with Crippen LogP contribution in [0.5, 0.6) is 0 Å². The molecule has 6 heteroatoms. The van der Waals surface area contributed by atoms with Crippen LogP contribution in [0.2, 0.25) is 0 Å². The van der Waals surface area contributed by atoms with E-state index < -0.39 is 0 Å². The molecule has 27 heavy (non-hydrogen) atoms. The average molecular weight is 365 g/mol. The van der Waals surface area contributed by atoms with Crippen LogP contribution in [0.4, 0.5) is 8.78 Å². The van der Waals surface area contributed by atoms with Crippen LogP contribution in [0, 0.1) is 11.6 Å². The normalized spacial score (nSPS) is 14.1. The minimum atomic E-state index is -0.364. The monoisotopic (exact) mass is 365 g/mol. The lowest BCUT2D eigenvalue weighted by molar-refractivity contribution is 0.0774. The van der Waals surface area contributed by atoms with E-state index in [1.165, 1.54) is 36.4 Å². The fourth-order valence-corrected chi connectivity index (χ4v) is 3.14. The van der Waals surface area contributed by atoms with E-state index in [4.69, 9.17) is 0 Å². The van der Waals surface area contributed by atoms with Gasteiger partial charge in [0.1, 0.15) is 11.6 Å². The second-order valence-electron chi connectivity index (χ2n) is 6.43. The molecule has 0 saturated heterocycles. The third kappa shape index (κ3) is 3.65. The highest BCUT2D eigenvalue weighted by molar-refractivity contribution is 5.95. The lowest BCUT2D eigenvalue weighted by Gasteiger charge is -2.27. The molecule has 0 radical (unpaired) electrons. The minimum absolute atomic E-state index is 0.126. The Bertz CT molecular complexity index is 991. The number of amides is 1. The van der Waals surface area contributed by atoms with Crippen molar-refractivity contribution in [3.8, 4) is 11.3 Å². The van der Waals surface area contributed by atoms with Gasteiger partial charge in [0.25, 0.3) is 5.91 Å². The Balaban J connectivity index is 1.51. The van der Waals surface area contributed by atoms with Crippen molar-refractivity contribution in [3.05, 3.63) is 83.6 Å². The maximum absolute atomic E-state index is 13.1. The van der Waals surface area contributed by atoms with Gasteiger partial charge in [0, 0.05) is 24.2 Å². The zero-order valence-corrected chi connectivity index (χ0v) is 14.5. The summed E-state index contributed by atoms with van der Waals surface area (Å²) in [6, 6.07) is 13.6. The molecule has 0 atom stereocenters. The number of hydrogen-bond donors (Lipinski definition) is 1. The molecule has 1 aliphatic heterocycles. The summed E-state index contributed by atoms with van der Waals surface area (Å²) in [5.41, 5.74) is 3.79. The molecule has 1 amide bonds. The molecule has 136 valence electrons. The number of nitrogens with zero attached hydrogens (tertiary/aromatic N) is 2. The molecule has 1 N–H and O–H groups in total. The molecule has 2 heterocycles. The molecule has 0 bridgehead atoms. The minimum Gasteiger partial charge on any atom is -0.334 e. The summed E-state index contributed by atoms with van der Waals surface area (Å²) in [7, 11) is 0. The van der Waals surface area contributed by atoms with Crippen LogP contribution in [0.1, 0.15) is 22.5 Å². The molecular weight excluding hydrogens is 348 g/mol. The third-order valence-corrected chi connectivity index (χ3v) is 4.59. The van der Waals surface area contributed by atoms with Crippen LogP contribution < -0.4 is 0 Å². The van der Waals surface area contributed by atoms with Crippen molar-refractivity contribution < 1.29 is 13.6 Å². The maximum atomic E-state index is 13.1. The van der Waals surface area contributed by atoms with E-state index in [1.807, 2.05) is 6.07 Å². The van der Waals surface area contributed by atoms with E-state index in [1.54, 1.807) is 17.0 Å². The van der Waals surface area contributed by atoms with Crippen LogP contribution in [0.25, 0.3) is 16.8 Å². The first-order chi connectivity index (χ1) is 13.1. The van der Waals surface area contributed by atoms with Gasteiger partial charge in [0.2, 0.25) is 0 Å². The molecule has 0 fully saturated rings. The highest BCUT2D eigenvalue weighted by Gasteiger charge is 2.21. The number of carbonyl (C=O) groups is 1. The highest BCUT2D eigenvalue weighted by atomic mass is 19.1. The molecule has 0 saturated carbocycles. The van der Waals surface area contributed by atoms with Crippen LogP contribution >= 0.6 is 0 Å². The molecule has 2 aromatic carbocycles. The van der Waals surface area contributed by atoms with Gasteiger partial charge in [0.15, 0.2) is 0 Å². The topological polar surface area (TPSA) is 49.0 Å². The molecule has 4 rings (SSSR count). The van der Waals surface area contributed by atoms with Crippen molar-refractivity contribution in [2.24, 2.45) is 0 Å². The summed E-state index contributed by atoms with van der Waals surface area (Å²) >= 11 is 0. The first kappa shape index (κ1) is 17.1. The third-order valence-electron chi connectivity index (χ3n) is 4.59. The number of aromatic amines is 1. The van der Waals surface area contributed by atoms with E-state index >= 15 is 0 Å². The number of halogens is 2. The van der Waals surface area contributed by atoms with Crippen molar-refractivity contribution in [3.63, 3.8) is 0 Å². The lowest BCUT2D eigenvalue weighted by Crippen LogP contribution is -2.35. The molecule has 0 unspecified atom stereocenters. The predicted molar refractivity (Wildman–Crippen MR) is 98.9 cm³/mol. The van der Waals surface area contributed by atoms with E-state index in [9.17, 15) is 13.6 Å². The van der Waals surface area contributed by atoms with Gasteiger partial charge in [-0.2, -0.15) is 5.10 Å². The largest absolute Gasteiger partial charge is 0.334 e. The summed E-state index contributed by atoms with van der Waals surface area (Å²) in [4.78, 5) is 14.4. The molecule has 0 spiro atoms. The van der Waals surface area contributed by atoms with Gasteiger partial charge in [-0.1, -0.05) is 6.08 Å². The van der Waals surface area contributed by atoms with Crippen LogP contribution in [0.15, 0.2) is 60.7 Å². The van der Waals surface area contributed by atoms with Gasteiger partial charge in [-0.3, -0.25) is 9.89 Å². The molecule has 1 aliphatic rings. The zero-order chi connectivity index (χ0) is 18.8. The van der Waals surface area contributed by atoms with Gasteiger partial charge in [0.05, 0.1) is 11.4 Å². The van der Waals surface area contributed by atoms with Gasteiger partial charge < -0.3 is 4.90 Å². The van der Waals surface area contributed by atoms with Crippen molar-refractivity contribution >= 4 is 11.5 Å². The van der Waals surface area contributed by atoms with E-state index in [2.05, 4.69) is 16.3 Å². The second-order valence-corrected chi connectivity index (χ2v) is 6.43. The van der Waals surface area contributed by atoms with Crippen LogP contribution in [-0.4, -0.2) is 34.1 Å². The standard InChI is InChI=1S/C21H17F2N3O/c22-17-7-3-14(4-8-17)19-12-20(25-24-19)16-2-1-11-26(13-16)21(27)15-5-9-18(23)10-6-15/h2-10,12H,1,11,13H2,(H,24,25). The number of rotatable bonds is 3. The molecule has 1 aromatic heterocycles. The number of aromatic nitrogens is 2. The quantitative estimate of drug-likeness (QED) is 0.753. The zero-order valence-electron chi connectivity index (χ0n) is 14.5. The van der Waals surface area contributed by atoms with E-state index in [-0.39, 0.29) is 17.5 Å². The summed E-state index contributed by atoms with van der Waals surface area (Å²) in [6.45, 7) is 1.06. The first-order valence-corrected chi connectivity index (χ1v) is 8.66. The Kier molecular flexibility index (Phi) is 4.54. The Morgan fingerprint density at radius 1 is 1.00 bits per heavy atom. The van der Waals surface area contributed by atoms with Gasteiger partial charge in [-0.05, 0) is 66.6 Å². The number of benzene rings is 2. The second kappa shape index (κ2) is 7.15. The SMILES string of the molecule is O=C(c1ccc(F)cc1)N1CCC=C(c2cc(-c3ccc(F)cc3)n[nH]2)C1. The van der Waals surface area contributed by atoms with Crippen LogP contribution in [0.3, 0.4) is 0 Å². The summed E-state index contributed by atoms with van der Waals surface area (Å²) in [5, 5.41) is 7.29. The fraction of sp³-hybridized carbons (Fsp3) is 0.143. The van der Waals surface area contributed by atoms with Crippen molar-refractivity contribution in [2.75, 3.05) is 13.1 Å². The Labute approximate surface area is 155 Å². The van der Waals surface area contributed by atoms with Crippen LogP contribution in [-0.2, 0) is 0 Å². The lowest BCUT2D eigenvalue weighted by atomic mass is 10.0. The first-order valence-electron chi connectivity index (χ1n) is 8.66. The maximum Gasteiger partial charge on any atom is 0.254 e. The number of H-pyrrole nitrogens is 1. The van der Waals surface area contributed by atoms with Gasteiger partial charge >= 0.3 is 0 Å². The van der Waals surface area contributed by atoms with Gasteiger partial charge in [-0.15, -0.1) is 0 Å². The molecule has 3 aromatic rings. The number of nitrogens with one attached hydrogen (secondary N) is 1. The van der Waals surface area contributed by atoms with Gasteiger partial charge in [-0.25, -0.2) is 8.78 Å². The number of carbonyl (C=O) groups excluding carboxylic acids is 1. The Morgan fingerprint density at radius 2 is 1.67 bits per heavy atom. The Morgan fingerprint density at radius 3 is 2.37 bits per heavy atom. The number of hydrogen-bond acceptors (Lipinski definition) is 2. The van der Waals surface area contributed by atoms with E-state index in [0.717, 1.165) is 23.3 Å². The smallest absolute Gasteiger partial charge is 0.254 e. The molecule has 0 aliphatic carbocycles. The molecule has 4 nitrogen and oxygen atoms in total. The summed E-state index contributed by atoms with van der Waals surface area (Å²) in [6.07, 6.45) is 2.81. The summed E-state index contributed by atoms with van der Waals surface area (Å²) in [5.74, 6) is -0.783.